The first-order valence-electron chi connectivity index (χ1n) is 10.8. The number of esters is 1. The number of ether oxygens (including phenoxy) is 1. The highest BCUT2D eigenvalue weighted by molar-refractivity contribution is 7.18. The minimum atomic E-state index is -0.300. The van der Waals surface area contributed by atoms with Crippen LogP contribution in [0.1, 0.15) is 52.0 Å². The van der Waals surface area contributed by atoms with Crippen molar-refractivity contribution >= 4 is 43.9 Å². The molecule has 4 aromatic rings. The van der Waals surface area contributed by atoms with Crippen molar-refractivity contribution in [3.63, 3.8) is 0 Å². The Bertz CT molecular complexity index is 1320. The number of aryl methyl sites for hydroxylation is 3. The highest BCUT2D eigenvalue weighted by Gasteiger charge is 2.20. The molecule has 33 heavy (non-hydrogen) atoms. The molecule has 174 valence electrons. The van der Waals surface area contributed by atoms with Gasteiger partial charge in [0.1, 0.15) is 15.7 Å². The maximum atomic E-state index is 12.3. The van der Waals surface area contributed by atoms with Gasteiger partial charge in [-0.25, -0.2) is 9.78 Å². The number of nitrogens with two attached hydrogens (primary N) is 1. The van der Waals surface area contributed by atoms with Gasteiger partial charge < -0.3 is 15.5 Å². The van der Waals surface area contributed by atoms with Gasteiger partial charge in [-0.05, 0) is 56.9 Å². The van der Waals surface area contributed by atoms with Crippen molar-refractivity contribution in [1.29, 1.82) is 0 Å². The zero-order chi connectivity index (χ0) is 24.1. The number of nitrogen functional groups attached to an aromatic ring is 1. The van der Waals surface area contributed by atoms with Crippen molar-refractivity contribution in [2.24, 2.45) is 0 Å². The molecule has 4 rings (SSSR count). The molecular weight excluding hydrogens is 456 g/mol. The first kappa shape index (κ1) is 24.6. The van der Waals surface area contributed by atoms with E-state index < -0.39 is 0 Å². The van der Waals surface area contributed by atoms with Gasteiger partial charge in [0.25, 0.3) is 5.56 Å². The SMILES string of the molecule is CCOC(=O)c1c(N)sc(C)c1CC.CCc1c(C)sc2nc(-c3ccncc3)[nH]c(=O)c12. The largest absolute Gasteiger partial charge is 0.462 e. The Morgan fingerprint density at radius 3 is 2.30 bits per heavy atom. The molecule has 0 saturated carbocycles. The quantitative estimate of drug-likeness (QED) is 0.372. The Balaban J connectivity index is 0.000000196. The fourth-order valence-corrected chi connectivity index (χ4v) is 5.83. The van der Waals surface area contributed by atoms with Crippen LogP contribution in [0.15, 0.2) is 29.3 Å². The number of H-pyrrole nitrogens is 1. The van der Waals surface area contributed by atoms with E-state index in [1.54, 1.807) is 30.7 Å². The maximum absolute atomic E-state index is 12.3. The Hall–Kier alpha value is -3.04. The molecule has 0 bridgehead atoms. The molecule has 7 nitrogen and oxygen atoms in total. The number of aromatic nitrogens is 3. The second kappa shape index (κ2) is 10.7. The minimum Gasteiger partial charge on any atom is -0.462 e. The van der Waals surface area contributed by atoms with Crippen LogP contribution in [0.25, 0.3) is 21.6 Å². The number of thiophene rings is 2. The van der Waals surface area contributed by atoms with Crippen LogP contribution in [-0.2, 0) is 17.6 Å². The van der Waals surface area contributed by atoms with Gasteiger partial charge in [0.05, 0.1) is 17.6 Å². The van der Waals surface area contributed by atoms with Crippen molar-refractivity contribution in [2.75, 3.05) is 12.3 Å². The van der Waals surface area contributed by atoms with Gasteiger partial charge >= 0.3 is 5.97 Å². The van der Waals surface area contributed by atoms with E-state index in [0.717, 1.165) is 44.6 Å². The van der Waals surface area contributed by atoms with Gasteiger partial charge in [0, 0.05) is 27.7 Å². The van der Waals surface area contributed by atoms with Crippen LogP contribution >= 0.6 is 22.7 Å². The predicted octanol–water partition coefficient (Wildman–Crippen LogP) is 5.30. The summed E-state index contributed by atoms with van der Waals surface area (Å²) in [5.74, 6) is 0.301. The van der Waals surface area contributed by atoms with Crippen molar-refractivity contribution < 1.29 is 9.53 Å². The van der Waals surface area contributed by atoms with Crippen LogP contribution in [0.2, 0.25) is 0 Å². The standard InChI is InChI=1S/C14H13N3OS.C10H15NO2S/c1-3-10-8(2)19-14-11(10)13(18)16-12(17-14)9-4-6-15-7-5-9;1-4-7-6(3)14-9(11)8(7)10(12)13-5-2/h4-7H,3H2,1-2H3,(H,16,17,18);4-5,11H2,1-3H3. The van der Waals surface area contributed by atoms with Gasteiger partial charge in [0.2, 0.25) is 0 Å². The number of carbonyl (C=O) groups excluding carboxylic acids is 1. The molecule has 0 fully saturated rings. The first-order chi connectivity index (χ1) is 15.8. The third kappa shape index (κ3) is 5.15. The second-order valence-electron chi connectivity index (χ2n) is 7.27. The smallest absolute Gasteiger partial charge is 0.341 e. The van der Waals surface area contributed by atoms with Gasteiger partial charge in [-0.1, -0.05) is 13.8 Å². The zero-order valence-electron chi connectivity index (χ0n) is 19.4. The summed E-state index contributed by atoms with van der Waals surface area (Å²) >= 11 is 3.03. The molecule has 4 aromatic heterocycles. The maximum Gasteiger partial charge on any atom is 0.341 e. The summed E-state index contributed by atoms with van der Waals surface area (Å²) in [6.45, 7) is 10.3. The van der Waals surface area contributed by atoms with E-state index in [4.69, 9.17) is 10.5 Å². The molecule has 0 aliphatic carbocycles. The number of hydrogen-bond donors (Lipinski definition) is 2. The molecular formula is C24H28N4O3S2. The summed E-state index contributed by atoms with van der Waals surface area (Å²) < 4.78 is 4.95. The van der Waals surface area contributed by atoms with E-state index in [9.17, 15) is 9.59 Å². The molecule has 0 saturated heterocycles. The third-order valence-electron chi connectivity index (χ3n) is 5.24. The van der Waals surface area contributed by atoms with Crippen molar-refractivity contribution in [2.45, 2.75) is 47.5 Å². The monoisotopic (exact) mass is 484 g/mol. The van der Waals surface area contributed by atoms with Crippen LogP contribution in [0.3, 0.4) is 0 Å². The molecule has 0 radical (unpaired) electrons. The van der Waals surface area contributed by atoms with Crippen molar-refractivity contribution in [3.05, 3.63) is 61.3 Å². The van der Waals surface area contributed by atoms with Crippen LogP contribution in [0.5, 0.6) is 0 Å². The van der Waals surface area contributed by atoms with Gasteiger partial charge in [-0.3, -0.25) is 9.78 Å². The van der Waals surface area contributed by atoms with Crippen LogP contribution in [0, 0.1) is 13.8 Å². The van der Waals surface area contributed by atoms with E-state index in [2.05, 4.69) is 21.9 Å². The number of anilines is 1. The number of aromatic amines is 1. The minimum absolute atomic E-state index is 0.0574. The number of fused-ring (bicyclic) bond motifs is 1. The van der Waals surface area contributed by atoms with E-state index in [-0.39, 0.29) is 11.5 Å². The average Bonchev–Trinajstić information content (AvgIpc) is 3.28. The zero-order valence-corrected chi connectivity index (χ0v) is 21.1. The fourth-order valence-electron chi connectivity index (χ4n) is 3.70. The van der Waals surface area contributed by atoms with Gasteiger partial charge in [0.15, 0.2) is 0 Å². The van der Waals surface area contributed by atoms with Gasteiger partial charge in [-0.2, -0.15) is 0 Å². The van der Waals surface area contributed by atoms with Crippen LogP contribution in [0.4, 0.5) is 5.00 Å². The van der Waals surface area contributed by atoms with Crippen LogP contribution < -0.4 is 11.3 Å². The predicted molar refractivity (Wildman–Crippen MR) is 136 cm³/mol. The van der Waals surface area contributed by atoms with E-state index in [1.165, 1.54) is 16.2 Å². The number of hydrogen-bond acceptors (Lipinski definition) is 8. The lowest BCUT2D eigenvalue weighted by molar-refractivity contribution is 0.0527. The van der Waals surface area contributed by atoms with Gasteiger partial charge in [-0.15, -0.1) is 22.7 Å². The molecule has 0 amide bonds. The first-order valence-corrected chi connectivity index (χ1v) is 12.4. The lowest BCUT2D eigenvalue weighted by Crippen LogP contribution is -2.09. The highest BCUT2D eigenvalue weighted by Crippen LogP contribution is 2.31. The van der Waals surface area contributed by atoms with Crippen molar-refractivity contribution in [3.8, 4) is 11.4 Å². The molecule has 0 atom stereocenters. The number of carbonyl (C=O) groups is 1. The Labute approximate surface area is 200 Å². The number of nitrogens with zero attached hydrogens (tertiary/aromatic N) is 2. The summed E-state index contributed by atoms with van der Waals surface area (Å²) in [5.41, 5.74) is 9.27. The Kier molecular flexibility index (Phi) is 7.99. The lowest BCUT2D eigenvalue weighted by Gasteiger charge is -2.03. The van der Waals surface area contributed by atoms with E-state index in [0.29, 0.717) is 23.0 Å². The molecule has 0 aromatic carbocycles. The molecule has 0 aliphatic heterocycles. The average molecular weight is 485 g/mol. The highest BCUT2D eigenvalue weighted by atomic mass is 32.1. The summed E-state index contributed by atoms with van der Waals surface area (Å²) in [4.78, 5) is 38.3. The fraction of sp³-hybridized carbons (Fsp3) is 0.333. The summed E-state index contributed by atoms with van der Waals surface area (Å²) in [6.07, 6.45) is 5.05. The number of rotatable bonds is 5. The third-order valence-corrected chi connectivity index (χ3v) is 7.26. The molecule has 0 unspecified atom stereocenters. The summed E-state index contributed by atoms with van der Waals surface area (Å²) in [7, 11) is 0. The summed E-state index contributed by atoms with van der Waals surface area (Å²) in [5, 5.41) is 1.31. The lowest BCUT2D eigenvalue weighted by atomic mass is 10.1. The molecule has 3 N–H and O–H groups in total. The van der Waals surface area contributed by atoms with Crippen LogP contribution in [-0.4, -0.2) is 27.5 Å². The molecule has 0 aliphatic rings. The summed E-state index contributed by atoms with van der Waals surface area (Å²) in [6, 6.07) is 3.68. The molecule has 4 heterocycles. The topological polar surface area (TPSA) is 111 Å². The van der Waals surface area contributed by atoms with Crippen molar-refractivity contribution in [1.82, 2.24) is 15.0 Å². The molecule has 9 heteroatoms. The van der Waals surface area contributed by atoms with E-state index in [1.807, 2.05) is 32.9 Å². The normalized spacial score (nSPS) is 10.7. The Morgan fingerprint density at radius 2 is 1.70 bits per heavy atom. The molecule has 0 spiro atoms. The Morgan fingerprint density at radius 1 is 1.06 bits per heavy atom. The number of pyridine rings is 1. The van der Waals surface area contributed by atoms with E-state index >= 15 is 0 Å². The number of nitrogens with one attached hydrogen (secondary N) is 1. The second-order valence-corrected chi connectivity index (χ2v) is 9.73.